The Morgan fingerprint density at radius 3 is 2.35 bits per heavy atom. The van der Waals surface area contributed by atoms with E-state index in [0.29, 0.717) is 37.8 Å². The highest BCUT2D eigenvalue weighted by Crippen LogP contribution is 2.58. The van der Waals surface area contributed by atoms with Gasteiger partial charge in [-0.05, 0) is 74.9 Å². The molecule has 2 aromatic carbocycles. The van der Waals surface area contributed by atoms with Crippen LogP contribution in [0.1, 0.15) is 50.2 Å². The van der Waals surface area contributed by atoms with E-state index < -0.39 is 60.1 Å². The second kappa shape index (κ2) is 8.62. The molecule has 2 aliphatic rings. The van der Waals surface area contributed by atoms with Gasteiger partial charge in [-0.1, -0.05) is 0 Å². The van der Waals surface area contributed by atoms with E-state index in [0.717, 1.165) is 24.3 Å². The number of rotatable bonds is 5. The number of ether oxygens (including phenoxy) is 1. The molecule has 0 radical (unpaired) electrons. The largest absolute Gasteiger partial charge is 0.490 e. The Morgan fingerprint density at radius 1 is 1.09 bits per heavy atom. The average Bonchev–Trinajstić information content (AvgIpc) is 2.78. The van der Waals surface area contributed by atoms with Crippen LogP contribution in [0, 0.1) is 23.5 Å². The maximum atomic E-state index is 15.2. The normalized spacial score (nSPS) is 24.6. The van der Waals surface area contributed by atoms with E-state index >= 15 is 4.39 Å². The number of carbonyl (C=O) groups is 1. The molecule has 0 bridgehead atoms. The highest BCUT2D eigenvalue weighted by atomic mass is 32.2. The predicted molar refractivity (Wildman–Crippen MR) is 113 cm³/mol. The monoisotopic (exact) mass is 502 g/mol. The van der Waals surface area contributed by atoms with E-state index in [2.05, 4.69) is 0 Å². The van der Waals surface area contributed by atoms with Crippen LogP contribution < -0.4 is 4.74 Å². The lowest BCUT2D eigenvalue weighted by Gasteiger charge is -2.49. The summed E-state index contributed by atoms with van der Waals surface area (Å²) in [6.45, 7) is 1.27. The van der Waals surface area contributed by atoms with Crippen molar-refractivity contribution in [2.75, 3.05) is 6.61 Å². The summed E-state index contributed by atoms with van der Waals surface area (Å²) in [5.74, 6) is -3.13. The predicted octanol–water partition coefficient (Wildman–Crippen LogP) is 5.83. The Kier molecular flexibility index (Phi) is 6.25. The zero-order valence-corrected chi connectivity index (χ0v) is 19.1. The van der Waals surface area contributed by atoms with E-state index in [1.165, 1.54) is 6.92 Å². The number of carbonyl (C=O) groups excluding carboxylic acids is 1. The van der Waals surface area contributed by atoms with Crippen LogP contribution >= 0.6 is 0 Å². The molecule has 0 aromatic heterocycles. The number of hydrogen-bond acceptors (Lipinski definition) is 4. The molecule has 0 amide bonds. The van der Waals surface area contributed by atoms with Crippen molar-refractivity contribution in [1.29, 1.82) is 0 Å². The van der Waals surface area contributed by atoms with Crippen molar-refractivity contribution in [2.24, 2.45) is 11.8 Å². The molecular weight excluding hydrogens is 479 g/mol. The van der Waals surface area contributed by atoms with Gasteiger partial charge in [0.05, 0.1) is 22.6 Å². The van der Waals surface area contributed by atoms with Crippen LogP contribution in [0.2, 0.25) is 0 Å². The van der Waals surface area contributed by atoms with Gasteiger partial charge in [0.1, 0.15) is 16.3 Å². The first kappa shape index (κ1) is 24.6. The van der Waals surface area contributed by atoms with Gasteiger partial charge in [0.15, 0.2) is 21.4 Å². The molecule has 184 valence electrons. The first-order valence-electron chi connectivity index (χ1n) is 10.9. The zero-order chi connectivity index (χ0) is 24.9. The number of Topliss-reactive ketones (excluding diaryl/α,β-unsaturated/α-hetero) is 1. The number of ketones is 1. The van der Waals surface area contributed by atoms with Gasteiger partial charge in [-0.15, -0.1) is 0 Å². The molecule has 1 heterocycles. The highest BCUT2D eigenvalue weighted by molar-refractivity contribution is 7.92. The number of halogens is 5. The van der Waals surface area contributed by atoms with E-state index in [4.69, 9.17) is 4.74 Å². The lowest BCUT2D eigenvalue weighted by Crippen LogP contribution is -2.52. The molecule has 1 aliphatic heterocycles. The first-order chi connectivity index (χ1) is 15.9. The SMILES string of the molecule is CC(=O)CC[C@@H]1CC[C@@]2(S(=O)(=O)c3ccc(C(F)(F)F)cc3)c3c(F)ccc(F)c3OC[C@H]2C1. The van der Waals surface area contributed by atoms with Crippen molar-refractivity contribution in [3.8, 4) is 5.75 Å². The van der Waals surface area contributed by atoms with Crippen LogP contribution in [0.3, 0.4) is 0 Å². The fraction of sp³-hybridized carbons (Fsp3) is 0.458. The van der Waals surface area contributed by atoms with Crippen LogP contribution in [0.4, 0.5) is 22.0 Å². The van der Waals surface area contributed by atoms with Gasteiger partial charge < -0.3 is 9.53 Å². The minimum atomic E-state index is -4.65. The van der Waals surface area contributed by atoms with E-state index in [1.807, 2.05) is 0 Å². The first-order valence-corrected chi connectivity index (χ1v) is 12.4. The minimum Gasteiger partial charge on any atom is -0.490 e. The Hall–Kier alpha value is -2.49. The van der Waals surface area contributed by atoms with Gasteiger partial charge in [-0.25, -0.2) is 17.2 Å². The molecule has 34 heavy (non-hydrogen) atoms. The lowest BCUT2D eigenvalue weighted by molar-refractivity contribution is -0.137. The molecule has 1 aliphatic carbocycles. The van der Waals surface area contributed by atoms with E-state index in [1.54, 1.807) is 0 Å². The van der Waals surface area contributed by atoms with Crippen molar-refractivity contribution in [3.63, 3.8) is 0 Å². The molecule has 10 heteroatoms. The van der Waals surface area contributed by atoms with Gasteiger partial charge in [0.2, 0.25) is 0 Å². The summed E-state index contributed by atoms with van der Waals surface area (Å²) in [5, 5.41) is 0. The number of fused-ring (bicyclic) bond motifs is 3. The van der Waals surface area contributed by atoms with Crippen molar-refractivity contribution in [1.82, 2.24) is 0 Å². The lowest BCUT2D eigenvalue weighted by atomic mass is 9.68. The second-order valence-electron chi connectivity index (χ2n) is 9.04. The summed E-state index contributed by atoms with van der Waals surface area (Å²) in [4.78, 5) is 11.0. The van der Waals surface area contributed by atoms with E-state index in [9.17, 15) is 30.8 Å². The van der Waals surface area contributed by atoms with Crippen molar-refractivity contribution in [3.05, 3.63) is 59.2 Å². The number of hydrogen-bond donors (Lipinski definition) is 0. The molecule has 4 nitrogen and oxygen atoms in total. The summed E-state index contributed by atoms with van der Waals surface area (Å²) in [5.41, 5.74) is -1.42. The van der Waals surface area contributed by atoms with Crippen molar-refractivity contribution < 1.29 is 39.9 Å². The van der Waals surface area contributed by atoms with Crippen LogP contribution in [-0.4, -0.2) is 20.8 Å². The highest BCUT2D eigenvalue weighted by Gasteiger charge is 2.59. The van der Waals surface area contributed by atoms with Crippen LogP contribution in [0.5, 0.6) is 5.75 Å². The summed E-state index contributed by atoms with van der Waals surface area (Å²) >= 11 is 0. The second-order valence-corrected chi connectivity index (χ2v) is 11.2. The molecule has 0 N–H and O–H groups in total. The number of benzene rings is 2. The van der Waals surface area contributed by atoms with Gasteiger partial charge in [-0.3, -0.25) is 0 Å². The smallest absolute Gasteiger partial charge is 0.416 e. The molecule has 1 fully saturated rings. The average molecular weight is 503 g/mol. The standard InChI is InChI=1S/C24H23F5O4S/c1-14(30)2-3-15-10-11-23(34(31,32)18-6-4-16(5-7-18)24(27,28)29)17(12-15)13-33-22-20(26)9-8-19(25)21(22)23/h4-9,15,17H,2-3,10-13H2,1H3/t15-,17-,23+/m1/s1. The van der Waals surface area contributed by atoms with Crippen molar-refractivity contribution >= 4 is 15.6 Å². The van der Waals surface area contributed by atoms with Crippen LogP contribution in [0.15, 0.2) is 41.3 Å². The Morgan fingerprint density at radius 2 is 1.74 bits per heavy atom. The van der Waals surface area contributed by atoms with Crippen LogP contribution in [-0.2, 0) is 25.6 Å². The molecule has 1 saturated carbocycles. The topological polar surface area (TPSA) is 60.4 Å². The van der Waals surface area contributed by atoms with Gasteiger partial charge >= 0.3 is 6.18 Å². The molecule has 2 aromatic rings. The summed E-state index contributed by atoms with van der Waals surface area (Å²) in [6.07, 6.45) is -3.25. The molecule has 4 rings (SSSR count). The maximum Gasteiger partial charge on any atom is 0.416 e. The molecule has 0 unspecified atom stereocenters. The third-order valence-corrected chi connectivity index (χ3v) is 9.58. The maximum absolute atomic E-state index is 15.2. The zero-order valence-electron chi connectivity index (χ0n) is 18.3. The van der Waals surface area contributed by atoms with Crippen LogP contribution in [0.25, 0.3) is 0 Å². The summed E-state index contributed by atoms with van der Waals surface area (Å²) in [6, 6.07) is 4.74. The Labute approximate surface area is 194 Å². The number of alkyl halides is 3. The molecule has 0 spiro atoms. The fourth-order valence-electron chi connectivity index (χ4n) is 5.31. The third-order valence-electron chi connectivity index (χ3n) is 6.99. The third kappa shape index (κ3) is 3.99. The van der Waals surface area contributed by atoms with Crippen molar-refractivity contribution in [2.45, 2.75) is 54.8 Å². The summed E-state index contributed by atoms with van der Waals surface area (Å²) < 4.78 is 100. The summed E-state index contributed by atoms with van der Waals surface area (Å²) in [7, 11) is -4.47. The fourth-order valence-corrected chi connectivity index (χ4v) is 7.67. The van der Waals surface area contributed by atoms with Gasteiger partial charge in [0.25, 0.3) is 0 Å². The minimum absolute atomic E-state index is 0.00688. The molecule has 3 atom stereocenters. The van der Waals surface area contributed by atoms with Gasteiger partial charge in [-0.2, -0.15) is 13.2 Å². The Bertz CT molecular complexity index is 1210. The van der Waals surface area contributed by atoms with E-state index in [-0.39, 0.29) is 24.7 Å². The van der Waals surface area contributed by atoms with Gasteiger partial charge in [0, 0.05) is 12.3 Å². The molecular formula is C24H23F5O4S. The quantitative estimate of drug-likeness (QED) is 0.483. The number of sulfone groups is 1. The Balaban J connectivity index is 1.85. The molecule has 0 saturated heterocycles.